The standard InChI is InChI=1S/C21H18Br2ClNO2/c1-26-18-8-6-17(7-9-18)25-12-15-10-19(22)21(20(23)11-15)27-13-14-2-4-16(24)5-3-14/h2-11,25H,12-13H2,1H3. The van der Waals surface area contributed by atoms with E-state index in [9.17, 15) is 0 Å². The van der Waals surface area contributed by atoms with Crippen molar-refractivity contribution in [3.63, 3.8) is 0 Å². The Bertz CT molecular complexity index is 876. The van der Waals surface area contributed by atoms with Crippen LogP contribution in [0.2, 0.25) is 5.02 Å². The number of anilines is 1. The molecule has 3 aromatic carbocycles. The fourth-order valence-corrected chi connectivity index (χ4v) is 4.14. The van der Waals surface area contributed by atoms with Gasteiger partial charge in [0.15, 0.2) is 0 Å². The monoisotopic (exact) mass is 509 g/mol. The molecular weight excluding hydrogens is 493 g/mol. The van der Waals surface area contributed by atoms with Gasteiger partial charge in [0.25, 0.3) is 0 Å². The van der Waals surface area contributed by atoms with E-state index in [2.05, 4.69) is 49.3 Å². The highest BCUT2D eigenvalue weighted by Crippen LogP contribution is 2.35. The second-order valence-corrected chi connectivity index (χ2v) is 8.03. The van der Waals surface area contributed by atoms with E-state index in [1.54, 1.807) is 7.11 Å². The van der Waals surface area contributed by atoms with Crippen molar-refractivity contribution in [1.82, 2.24) is 0 Å². The van der Waals surface area contributed by atoms with Gasteiger partial charge in [-0.1, -0.05) is 23.7 Å². The Balaban J connectivity index is 1.63. The molecule has 0 amide bonds. The van der Waals surface area contributed by atoms with E-state index < -0.39 is 0 Å². The second-order valence-electron chi connectivity index (χ2n) is 5.89. The molecule has 0 aliphatic heterocycles. The van der Waals surface area contributed by atoms with Crippen molar-refractivity contribution in [2.45, 2.75) is 13.2 Å². The normalized spacial score (nSPS) is 10.5. The molecule has 27 heavy (non-hydrogen) atoms. The smallest absolute Gasteiger partial charge is 0.148 e. The fourth-order valence-electron chi connectivity index (χ4n) is 2.50. The summed E-state index contributed by atoms with van der Waals surface area (Å²) in [5.41, 5.74) is 3.22. The highest BCUT2D eigenvalue weighted by Gasteiger charge is 2.10. The van der Waals surface area contributed by atoms with E-state index in [0.29, 0.717) is 13.2 Å². The summed E-state index contributed by atoms with van der Waals surface area (Å²) in [6, 6.07) is 19.6. The molecule has 140 valence electrons. The first-order valence-electron chi connectivity index (χ1n) is 8.28. The fraction of sp³-hybridized carbons (Fsp3) is 0.143. The molecule has 0 saturated carbocycles. The SMILES string of the molecule is COc1ccc(NCc2cc(Br)c(OCc3ccc(Cl)cc3)c(Br)c2)cc1. The van der Waals surface area contributed by atoms with Crippen molar-refractivity contribution in [2.24, 2.45) is 0 Å². The Morgan fingerprint density at radius 1 is 0.889 bits per heavy atom. The Hall–Kier alpha value is -1.69. The van der Waals surface area contributed by atoms with Crippen molar-refractivity contribution in [2.75, 3.05) is 12.4 Å². The van der Waals surface area contributed by atoms with Gasteiger partial charge in [0.05, 0.1) is 16.1 Å². The summed E-state index contributed by atoms with van der Waals surface area (Å²) in [5, 5.41) is 4.12. The first-order valence-corrected chi connectivity index (χ1v) is 10.2. The van der Waals surface area contributed by atoms with Crippen molar-refractivity contribution in [3.05, 3.63) is 85.8 Å². The maximum atomic E-state index is 5.97. The first-order chi connectivity index (χ1) is 13.0. The van der Waals surface area contributed by atoms with E-state index >= 15 is 0 Å². The van der Waals surface area contributed by atoms with Gasteiger partial charge in [-0.2, -0.15) is 0 Å². The van der Waals surface area contributed by atoms with Gasteiger partial charge in [-0.15, -0.1) is 0 Å². The summed E-state index contributed by atoms with van der Waals surface area (Å²) in [7, 11) is 1.66. The van der Waals surface area contributed by atoms with E-state index in [0.717, 1.165) is 42.3 Å². The number of hydrogen-bond acceptors (Lipinski definition) is 3. The predicted octanol–water partition coefficient (Wildman–Crippen LogP) is 7.06. The number of hydrogen-bond donors (Lipinski definition) is 1. The third-order valence-corrected chi connectivity index (χ3v) is 5.37. The molecule has 0 aromatic heterocycles. The number of ether oxygens (including phenoxy) is 2. The lowest BCUT2D eigenvalue weighted by Crippen LogP contribution is -2.01. The molecule has 0 radical (unpaired) electrons. The van der Waals surface area contributed by atoms with Crippen LogP contribution in [0.5, 0.6) is 11.5 Å². The van der Waals surface area contributed by atoms with Crippen LogP contribution in [0.1, 0.15) is 11.1 Å². The van der Waals surface area contributed by atoms with Crippen LogP contribution < -0.4 is 14.8 Å². The molecule has 0 bridgehead atoms. The second kappa shape index (κ2) is 9.49. The van der Waals surface area contributed by atoms with Gasteiger partial charge in [0.2, 0.25) is 0 Å². The van der Waals surface area contributed by atoms with Crippen LogP contribution >= 0.6 is 43.5 Å². The van der Waals surface area contributed by atoms with Crippen LogP contribution in [0.25, 0.3) is 0 Å². The van der Waals surface area contributed by atoms with E-state index in [-0.39, 0.29) is 0 Å². The minimum absolute atomic E-state index is 0.470. The first kappa shape index (κ1) is 20.1. The number of halogens is 3. The Morgan fingerprint density at radius 2 is 1.52 bits per heavy atom. The Morgan fingerprint density at radius 3 is 2.11 bits per heavy atom. The maximum absolute atomic E-state index is 5.97. The maximum Gasteiger partial charge on any atom is 0.148 e. The molecule has 0 fully saturated rings. The van der Waals surface area contributed by atoms with Crippen molar-refractivity contribution in [1.29, 1.82) is 0 Å². The summed E-state index contributed by atoms with van der Waals surface area (Å²) in [6.07, 6.45) is 0. The summed E-state index contributed by atoms with van der Waals surface area (Å²) >= 11 is 13.1. The highest BCUT2D eigenvalue weighted by molar-refractivity contribution is 9.11. The van der Waals surface area contributed by atoms with E-state index in [4.69, 9.17) is 21.1 Å². The van der Waals surface area contributed by atoms with Crippen molar-refractivity contribution < 1.29 is 9.47 Å². The molecule has 6 heteroatoms. The highest BCUT2D eigenvalue weighted by atomic mass is 79.9. The predicted molar refractivity (Wildman–Crippen MR) is 118 cm³/mol. The number of benzene rings is 3. The summed E-state index contributed by atoms with van der Waals surface area (Å²) in [5.74, 6) is 1.62. The average Bonchev–Trinajstić information content (AvgIpc) is 2.67. The van der Waals surface area contributed by atoms with Crippen LogP contribution in [0.4, 0.5) is 5.69 Å². The largest absolute Gasteiger partial charge is 0.497 e. The van der Waals surface area contributed by atoms with Crippen molar-refractivity contribution in [3.8, 4) is 11.5 Å². The molecule has 0 unspecified atom stereocenters. The van der Waals surface area contributed by atoms with Gasteiger partial charge in [0.1, 0.15) is 18.1 Å². The molecule has 0 heterocycles. The molecule has 0 aliphatic rings. The van der Waals surface area contributed by atoms with Crippen molar-refractivity contribution >= 4 is 49.1 Å². The molecule has 0 saturated heterocycles. The third kappa shape index (κ3) is 5.64. The molecule has 0 aliphatic carbocycles. The number of rotatable bonds is 7. The number of methoxy groups -OCH3 is 1. The van der Waals surface area contributed by atoms with Crippen LogP contribution in [0.15, 0.2) is 69.6 Å². The molecule has 3 nitrogen and oxygen atoms in total. The molecule has 0 atom stereocenters. The zero-order valence-electron chi connectivity index (χ0n) is 14.6. The van der Waals surface area contributed by atoms with Gasteiger partial charge in [-0.25, -0.2) is 0 Å². The quantitative estimate of drug-likeness (QED) is 0.368. The summed E-state index contributed by atoms with van der Waals surface area (Å²) in [4.78, 5) is 0. The van der Waals surface area contributed by atoms with Gasteiger partial charge in [-0.05, 0) is 91.5 Å². The lowest BCUT2D eigenvalue weighted by Gasteiger charge is -2.13. The topological polar surface area (TPSA) is 30.5 Å². The minimum atomic E-state index is 0.470. The summed E-state index contributed by atoms with van der Waals surface area (Å²) in [6.45, 7) is 1.17. The van der Waals surface area contributed by atoms with Gasteiger partial charge in [-0.3, -0.25) is 0 Å². The van der Waals surface area contributed by atoms with Gasteiger partial charge >= 0.3 is 0 Å². The van der Waals surface area contributed by atoms with E-state index in [1.807, 2.05) is 48.5 Å². The molecule has 3 rings (SSSR count). The molecule has 1 N–H and O–H groups in total. The third-order valence-electron chi connectivity index (χ3n) is 3.94. The zero-order chi connectivity index (χ0) is 19.2. The van der Waals surface area contributed by atoms with Crippen LogP contribution in [0.3, 0.4) is 0 Å². The molecule has 3 aromatic rings. The van der Waals surface area contributed by atoms with Crippen LogP contribution in [-0.2, 0) is 13.2 Å². The lowest BCUT2D eigenvalue weighted by molar-refractivity contribution is 0.302. The minimum Gasteiger partial charge on any atom is -0.497 e. The zero-order valence-corrected chi connectivity index (χ0v) is 18.6. The lowest BCUT2D eigenvalue weighted by atomic mass is 10.2. The van der Waals surface area contributed by atoms with Crippen LogP contribution in [0, 0.1) is 0 Å². The number of nitrogens with one attached hydrogen (secondary N) is 1. The Labute approximate surface area is 180 Å². The summed E-state index contributed by atoms with van der Waals surface area (Å²) < 4.78 is 12.9. The van der Waals surface area contributed by atoms with E-state index in [1.165, 1.54) is 0 Å². The average molecular weight is 512 g/mol. The van der Waals surface area contributed by atoms with Gasteiger partial charge < -0.3 is 14.8 Å². The van der Waals surface area contributed by atoms with Gasteiger partial charge in [0, 0.05) is 17.3 Å². The molecular formula is C21H18Br2ClNO2. The molecule has 0 spiro atoms. The Kier molecular flexibility index (Phi) is 7.05. The van der Waals surface area contributed by atoms with Crippen LogP contribution in [-0.4, -0.2) is 7.11 Å².